The van der Waals surface area contributed by atoms with Crippen LogP contribution in [0.15, 0.2) is 66.9 Å². The fourth-order valence-corrected chi connectivity index (χ4v) is 4.97. The van der Waals surface area contributed by atoms with Crippen molar-refractivity contribution in [3.8, 4) is 0 Å². The second-order valence-corrected chi connectivity index (χ2v) is 11.0. The van der Waals surface area contributed by atoms with Crippen LogP contribution in [0.25, 0.3) is 0 Å². The number of methoxy groups -OCH3 is 1. The minimum atomic E-state index is -1.17. The van der Waals surface area contributed by atoms with E-state index in [9.17, 15) is 19.2 Å². The molecule has 1 aliphatic rings. The van der Waals surface area contributed by atoms with E-state index in [1.807, 2.05) is 60.7 Å². The van der Waals surface area contributed by atoms with Crippen LogP contribution in [0.1, 0.15) is 56.0 Å². The highest BCUT2D eigenvalue weighted by Gasteiger charge is 2.40. The Morgan fingerprint density at radius 2 is 1.76 bits per heavy atom. The molecule has 0 spiro atoms. The number of likely N-dealkylation sites (tertiary alicyclic amines) is 1. The van der Waals surface area contributed by atoms with Gasteiger partial charge in [-0.3, -0.25) is 14.4 Å². The zero-order chi connectivity index (χ0) is 30.3. The summed E-state index contributed by atoms with van der Waals surface area (Å²) in [6.45, 7) is 3.56. The molecule has 3 atom stereocenters. The first-order valence-corrected chi connectivity index (χ1v) is 14.0. The Morgan fingerprint density at radius 1 is 1.10 bits per heavy atom. The van der Waals surface area contributed by atoms with Gasteiger partial charge in [0.15, 0.2) is 5.82 Å². The van der Waals surface area contributed by atoms with E-state index in [-0.39, 0.29) is 11.7 Å². The van der Waals surface area contributed by atoms with Crippen molar-refractivity contribution >= 4 is 29.5 Å². The van der Waals surface area contributed by atoms with Gasteiger partial charge in [-0.15, -0.1) is 0 Å². The number of esters is 1. The van der Waals surface area contributed by atoms with Gasteiger partial charge in [-0.05, 0) is 50.7 Å². The Balaban J connectivity index is 1.55. The minimum Gasteiger partial charge on any atom is -0.467 e. The molecule has 5 N–H and O–H groups in total. The number of aryl methyl sites for hydroxylation is 1. The Morgan fingerprint density at radius 3 is 2.40 bits per heavy atom. The van der Waals surface area contributed by atoms with Crippen molar-refractivity contribution in [2.24, 2.45) is 5.73 Å². The summed E-state index contributed by atoms with van der Waals surface area (Å²) in [5.41, 5.74) is 6.50. The zero-order valence-corrected chi connectivity index (χ0v) is 24.1. The number of hydrogen-bond donors (Lipinski definition) is 4. The molecule has 1 fully saturated rings. The van der Waals surface area contributed by atoms with E-state index in [0.717, 1.165) is 5.56 Å². The third kappa shape index (κ3) is 7.41. The summed E-state index contributed by atoms with van der Waals surface area (Å²) in [6.07, 6.45) is 3.60. The predicted molar refractivity (Wildman–Crippen MR) is 157 cm³/mol. The van der Waals surface area contributed by atoms with Crippen molar-refractivity contribution in [1.82, 2.24) is 20.2 Å². The van der Waals surface area contributed by atoms with Crippen molar-refractivity contribution in [2.75, 3.05) is 19.0 Å². The maximum Gasteiger partial charge on any atom is 0.328 e. The zero-order valence-electron chi connectivity index (χ0n) is 24.1. The number of H-pyrrole nitrogens is 1. The summed E-state index contributed by atoms with van der Waals surface area (Å²) >= 11 is 0. The Bertz CT molecular complexity index is 1390. The number of carbonyl (C=O) groups excluding carboxylic acids is 4. The topological polar surface area (TPSA) is 160 Å². The van der Waals surface area contributed by atoms with Crippen LogP contribution >= 0.6 is 0 Å². The minimum absolute atomic E-state index is 0.195. The van der Waals surface area contributed by atoms with E-state index in [0.29, 0.717) is 43.6 Å². The Labute approximate surface area is 245 Å². The Kier molecular flexibility index (Phi) is 9.74. The molecule has 11 nitrogen and oxygen atoms in total. The normalized spacial score (nSPS) is 16.4. The van der Waals surface area contributed by atoms with Crippen LogP contribution in [0.2, 0.25) is 0 Å². The van der Waals surface area contributed by atoms with Crippen LogP contribution in [0, 0.1) is 0 Å². The number of ether oxygens (including phenoxy) is 1. The molecule has 3 aromatic rings. The van der Waals surface area contributed by atoms with Crippen LogP contribution in [-0.4, -0.2) is 69.8 Å². The van der Waals surface area contributed by atoms with Gasteiger partial charge in [-0.1, -0.05) is 60.7 Å². The lowest BCUT2D eigenvalue weighted by Crippen LogP contribution is -2.55. The molecule has 1 saturated heterocycles. The van der Waals surface area contributed by atoms with E-state index < -0.39 is 41.3 Å². The standard InChI is InChI=1S/C31H38N6O5/c1-31(2,32)30(41)34-22(17-16-20-11-6-4-7-12-20)27(38)36-24-19-33-26(35-24)25(21-13-8-5-9-14-21)28(39)37-18-10-15-23(37)29(40)42-3/h4-9,11-14,19,22-23,25H,10,15-18,32H2,1-3H3,(H,33,35)(H,34,41)(H,36,38). The molecule has 2 heterocycles. The van der Waals surface area contributed by atoms with Crippen LogP contribution in [-0.2, 0) is 30.3 Å². The molecule has 1 aliphatic heterocycles. The number of benzene rings is 2. The molecule has 0 bridgehead atoms. The van der Waals surface area contributed by atoms with Gasteiger partial charge in [-0.25, -0.2) is 9.78 Å². The van der Waals surface area contributed by atoms with Gasteiger partial charge < -0.3 is 31.0 Å². The molecule has 11 heteroatoms. The highest BCUT2D eigenvalue weighted by molar-refractivity contribution is 5.98. The molecule has 3 unspecified atom stereocenters. The van der Waals surface area contributed by atoms with Crippen molar-refractivity contribution < 1.29 is 23.9 Å². The fraction of sp³-hybridized carbons (Fsp3) is 0.387. The van der Waals surface area contributed by atoms with Crippen LogP contribution in [0.5, 0.6) is 0 Å². The van der Waals surface area contributed by atoms with E-state index in [1.165, 1.54) is 18.2 Å². The highest BCUT2D eigenvalue weighted by atomic mass is 16.5. The van der Waals surface area contributed by atoms with Crippen molar-refractivity contribution in [2.45, 2.75) is 63.1 Å². The summed E-state index contributed by atoms with van der Waals surface area (Å²) < 4.78 is 4.93. The molecular formula is C31H38N6O5. The molecule has 3 amide bonds. The lowest BCUT2D eigenvalue weighted by molar-refractivity contribution is -0.151. The highest BCUT2D eigenvalue weighted by Crippen LogP contribution is 2.30. The van der Waals surface area contributed by atoms with Gasteiger partial charge in [0.25, 0.3) is 0 Å². The average Bonchev–Trinajstić information content (AvgIpc) is 3.65. The van der Waals surface area contributed by atoms with E-state index >= 15 is 0 Å². The third-order valence-electron chi connectivity index (χ3n) is 7.28. The van der Waals surface area contributed by atoms with Crippen LogP contribution in [0.4, 0.5) is 5.82 Å². The largest absolute Gasteiger partial charge is 0.467 e. The Hall–Kier alpha value is -4.51. The molecule has 2 aromatic carbocycles. The smallest absolute Gasteiger partial charge is 0.328 e. The summed E-state index contributed by atoms with van der Waals surface area (Å²) in [5.74, 6) is -2.00. The van der Waals surface area contributed by atoms with Gasteiger partial charge in [0.2, 0.25) is 17.7 Å². The maximum absolute atomic E-state index is 13.9. The van der Waals surface area contributed by atoms with E-state index in [1.54, 1.807) is 13.8 Å². The SMILES string of the molecule is COC(=O)C1CCCN1C(=O)C(c1ccccc1)c1nc(NC(=O)C(CCc2ccccc2)NC(=O)C(C)(C)N)c[nH]1. The lowest BCUT2D eigenvalue weighted by Gasteiger charge is -2.27. The molecule has 4 rings (SSSR count). The second kappa shape index (κ2) is 13.4. The number of aromatic amines is 1. The van der Waals surface area contributed by atoms with Crippen molar-refractivity contribution in [3.63, 3.8) is 0 Å². The van der Waals surface area contributed by atoms with E-state index in [4.69, 9.17) is 10.5 Å². The predicted octanol–water partition coefficient (Wildman–Crippen LogP) is 2.50. The number of anilines is 1. The molecule has 1 aromatic heterocycles. The van der Waals surface area contributed by atoms with Crippen LogP contribution in [0.3, 0.4) is 0 Å². The number of imidazole rings is 1. The first-order chi connectivity index (χ1) is 20.1. The van der Waals surface area contributed by atoms with Crippen molar-refractivity contribution in [1.29, 1.82) is 0 Å². The number of rotatable bonds is 11. The first kappa shape index (κ1) is 30.4. The summed E-state index contributed by atoms with van der Waals surface area (Å²) in [5, 5.41) is 5.53. The fourth-order valence-electron chi connectivity index (χ4n) is 4.97. The van der Waals surface area contributed by atoms with Crippen LogP contribution < -0.4 is 16.4 Å². The molecule has 42 heavy (non-hydrogen) atoms. The van der Waals surface area contributed by atoms with Gasteiger partial charge in [0, 0.05) is 12.7 Å². The molecule has 0 radical (unpaired) electrons. The third-order valence-corrected chi connectivity index (χ3v) is 7.28. The number of carbonyl (C=O) groups is 4. The lowest BCUT2D eigenvalue weighted by atomic mass is 9.96. The summed E-state index contributed by atoms with van der Waals surface area (Å²) in [6, 6.07) is 17.2. The number of nitrogens with two attached hydrogens (primary N) is 1. The molecule has 222 valence electrons. The quantitative estimate of drug-likeness (QED) is 0.256. The van der Waals surface area contributed by atoms with Gasteiger partial charge >= 0.3 is 5.97 Å². The monoisotopic (exact) mass is 574 g/mol. The van der Waals surface area contributed by atoms with E-state index in [2.05, 4.69) is 20.6 Å². The van der Waals surface area contributed by atoms with Crippen molar-refractivity contribution in [3.05, 3.63) is 83.8 Å². The number of aromatic nitrogens is 2. The van der Waals surface area contributed by atoms with Gasteiger partial charge in [-0.2, -0.15) is 0 Å². The number of amides is 3. The first-order valence-electron chi connectivity index (χ1n) is 14.0. The number of nitrogens with one attached hydrogen (secondary N) is 3. The average molecular weight is 575 g/mol. The molecule has 0 saturated carbocycles. The summed E-state index contributed by atoms with van der Waals surface area (Å²) in [4.78, 5) is 61.4. The summed E-state index contributed by atoms with van der Waals surface area (Å²) in [7, 11) is 1.31. The molecule has 0 aliphatic carbocycles. The molecular weight excluding hydrogens is 536 g/mol. The number of hydrogen-bond acceptors (Lipinski definition) is 7. The second-order valence-electron chi connectivity index (χ2n) is 11.0. The number of nitrogens with zero attached hydrogens (tertiary/aromatic N) is 2. The van der Waals surface area contributed by atoms with Gasteiger partial charge in [0.05, 0.1) is 12.6 Å². The van der Waals surface area contributed by atoms with Gasteiger partial charge in [0.1, 0.15) is 23.8 Å². The maximum atomic E-state index is 13.9.